The van der Waals surface area contributed by atoms with Gasteiger partial charge < -0.3 is 10.1 Å². The van der Waals surface area contributed by atoms with E-state index in [1.807, 2.05) is 13.8 Å². The Morgan fingerprint density at radius 3 is 2.63 bits per heavy atom. The van der Waals surface area contributed by atoms with Crippen LogP contribution in [0.5, 0.6) is 5.88 Å². The fourth-order valence-corrected chi connectivity index (χ4v) is 1.66. The normalized spacial score (nSPS) is 14.5. The summed E-state index contributed by atoms with van der Waals surface area (Å²) in [6.45, 7) is 4.35. The van der Waals surface area contributed by atoms with E-state index in [1.165, 1.54) is 0 Å². The Kier molecular flexibility index (Phi) is 3.82. The number of anilines is 1. The zero-order valence-corrected chi connectivity index (χ0v) is 11.3. The van der Waals surface area contributed by atoms with Crippen LogP contribution in [-0.2, 0) is 0 Å². The molecule has 1 saturated carbocycles. The lowest BCUT2D eigenvalue weighted by Gasteiger charge is -2.11. The Morgan fingerprint density at radius 2 is 2.16 bits per heavy atom. The summed E-state index contributed by atoms with van der Waals surface area (Å²) < 4.78 is 5.49. The van der Waals surface area contributed by atoms with Crippen molar-refractivity contribution in [3.63, 3.8) is 0 Å². The smallest absolute Gasteiger partial charge is 0.372 e. The molecule has 104 valence electrons. The van der Waals surface area contributed by atoms with Crippen molar-refractivity contribution in [2.24, 2.45) is 5.92 Å². The molecule has 1 aliphatic rings. The molecular formula is C12H18N4O3. The van der Waals surface area contributed by atoms with Gasteiger partial charge in [-0.2, -0.15) is 4.98 Å². The second kappa shape index (κ2) is 5.38. The molecule has 1 aromatic heterocycles. The average Bonchev–Trinajstić information content (AvgIpc) is 3.18. The van der Waals surface area contributed by atoms with Gasteiger partial charge in [-0.25, -0.2) is 4.98 Å². The average molecular weight is 266 g/mol. The van der Waals surface area contributed by atoms with E-state index in [1.54, 1.807) is 7.05 Å². The molecule has 1 aromatic rings. The van der Waals surface area contributed by atoms with Gasteiger partial charge in [0.05, 0.1) is 11.5 Å². The van der Waals surface area contributed by atoms with E-state index < -0.39 is 4.92 Å². The van der Waals surface area contributed by atoms with Gasteiger partial charge in [0.15, 0.2) is 0 Å². The van der Waals surface area contributed by atoms with Gasteiger partial charge in [-0.1, -0.05) is 13.8 Å². The minimum atomic E-state index is -0.502. The predicted molar refractivity (Wildman–Crippen MR) is 70.5 cm³/mol. The minimum Gasteiger partial charge on any atom is -0.472 e. The van der Waals surface area contributed by atoms with Gasteiger partial charge in [-0.3, -0.25) is 10.1 Å². The predicted octanol–water partition coefficient (Wildman–Crippen LogP) is 2.34. The molecule has 0 bridgehead atoms. The SMILES string of the molecule is CNc1nc(C2CC2)nc(OCC(C)C)c1[N+](=O)[O-]. The molecule has 0 aromatic carbocycles. The van der Waals surface area contributed by atoms with Crippen molar-refractivity contribution in [1.29, 1.82) is 0 Å². The van der Waals surface area contributed by atoms with Gasteiger partial charge in [0, 0.05) is 13.0 Å². The van der Waals surface area contributed by atoms with Crippen LogP contribution in [0.3, 0.4) is 0 Å². The molecule has 0 spiro atoms. The summed E-state index contributed by atoms with van der Waals surface area (Å²) >= 11 is 0. The number of hydrogen-bond acceptors (Lipinski definition) is 6. The van der Waals surface area contributed by atoms with E-state index in [0.29, 0.717) is 18.3 Å². The molecule has 0 unspecified atom stereocenters. The number of rotatable bonds is 6. The molecule has 19 heavy (non-hydrogen) atoms. The maximum absolute atomic E-state index is 11.1. The maximum Gasteiger partial charge on any atom is 0.372 e. The second-order valence-electron chi connectivity index (χ2n) is 5.07. The van der Waals surface area contributed by atoms with Gasteiger partial charge in [0.1, 0.15) is 5.82 Å². The Balaban J connectivity index is 2.39. The van der Waals surface area contributed by atoms with Crippen LogP contribution < -0.4 is 10.1 Å². The van der Waals surface area contributed by atoms with Crippen molar-refractivity contribution in [2.75, 3.05) is 19.0 Å². The van der Waals surface area contributed by atoms with Crippen LogP contribution in [-0.4, -0.2) is 28.5 Å². The molecule has 0 aliphatic heterocycles. The molecule has 0 amide bonds. The molecule has 1 N–H and O–H groups in total. The van der Waals surface area contributed by atoms with E-state index in [2.05, 4.69) is 15.3 Å². The van der Waals surface area contributed by atoms with E-state index >= 15 is 0 Å². The number of nitrogens with one attached hydrogen (secondary N) is 1. The standard InChI is InChI=1S/C12H18N4O3/c1-7(2)6-19-12-9(16(17)18)11(13-3)14-10(15-12)8-4-5-8/h7-8H,4-6H2,1-3H3,(H,13,14,15). The number of ether oxygens (including phenoxy) is 1. The van der Waals surface area contributed by atoms with Crippen molar-refractivity contribution in [2.45, 2.75) is 32.6 Å². The fourth-order valence-electron chi connectivity index (χ4n) is 1.66. The topological polar surface area (TPSA) is 90.2 Å². The molecule has 1 heterocycles. The largest absolute Gasteiger partial charge is 0.472 e. The van der Waals surface area contributed by atoms with E-state index in [-0.39, 0.29) is 23.3 Å². The van der Waals surface area contributed by atoms with Crippen molar-refractivity contribution < 1.29 is 9.66 Å². The van der Waals surface area contributed by atoms with E-state index in [0.717, 1.165) is 12.8 Å². The van der Waals surface area contributed by atoms with Gasteiger partial charge in [-0.05, 0) is 18.8 Å². The van der Waals surface area contributed by atoms with Crippen molar-refractivity contribution in [3.8, 4) is 5.88 Å². The minimum absolute atomic E-state index is 0.0694. The lowest BCUT2D eigenvalue weighted by Crippen LogP contribution is -2.11. The van der Waals surface area contributed by atoms with Crippen LogP contribution in [0.2, 0.25) is 0 Å². The molecule has 2 rings (SSSR count). The first kappa shape index (κ1) is 13.5. The lowest BCUT2D eigenvalue weighted by molar-refractivity contribution is -0.385. The summed E-state index contributed by atoms with van der Waals surface area (Å²) in [4.78, 5) is 19.1. The lowest BCUT2D eigenvalue weighted by atomic mass is 10.2. The maximum atomic E-state index is 11.1. The van der Waals surface area contributed by atoms with Gasteiger partial charge in [-0.15, -0.1) is 0 Å². The molecule has 1 fully saturated rings. The van der Waals surface area contributed by atoms with Crippen LogP contribution in [0.1, 0.15) is 38.4 Å². The number of aromatic nitrogens is 2. The van der Waals surface area contributed by atoms with Crippen LogP contribution in [0, 0.1) is 16.0 Å². The summed E-state index contributed by atoms with van der Waals surface area (Å²) in [5.41, 5.74) is -0.187. The summed E-state index contributed by atoms with van der Waals surface area (Å²) in [5.74, 6) is 1.51. The Labute approximate surface area is 111 Å². The molecule has 0 atom stereocenters. The monoisotopic (exact) mass is 266 g/mol. The van der Waals surface area contributed by atoms with E-state index in [9.17, 15) is 10.1 Å². The van der Waals surface area contributed by atoms with Gasteiger partial charge in [0.2, 0.25) is 5.82 Å². The first-order valence-electron chi connectivity index (χ1n) is 6.39. The zero-order chi connectivity index (χ0) is 14.0. The third kappa shape index (κ3) is 3.10. The van der Waals surface area contributed by atoms with Crippen LogP contribution in [0.25, 0.3) is 0 Å². The Hall–Kier alpha value is -1.92. The molecular weight excluding hydrogens is 248 g/mol. The number of nitrogens with zero attached hydrogens (tertiary/aromatic N) is 3. The summed E-state index contributed by atoms with van der Waals surface area (Å²) in [5, 5.41) is 13.9. The van der Waals surface area contributed by atoms with Crippen LogP contribution in [0.15, 0.2) is 0 Å². The summed E-state index contributed by atoms with van der Waals surface area (Å²) in [6, 6.07) is 0. The first-order chi connectivity index (χ1) is 9.02. The highest BCUT2D eigenvalue weighted by atomic mass is 16.6. The van der Waals surface area contributed by atoms with Crippen molar-refractivity contribution >= 4 is 11.5 Å². The highest BCUT2D eigenvalue weighted by Crippen LogP contribution is 2.41. The summed E-state index contributed by atoms with van der Waals surface area (Å²) in [7, 11) is 1.61. The zero-order valence-electron chi connectivity index (χ0n) is 11.3. The third-order valence-corrected chi connectivity index (χ3v) is 2.78. The molecule has 7 nitrogen and oxygen atoms in total. The van der Waals surface area contributed by atoms with Crippen LogP contribution >= 0.6 is 0 Å². The van der Waals surface area contributed by atoms with Crippen molar-refractivity contribution in [1.82, 2.24) is 9.97 Å². The quantitative estimate of drug-likeness (QED) is 0.627. The van der Waals surface area contributed by atoms with Crippen molar-refractivity contribution in [3.05, 3.63) is 15.9 Å². The fraction of sp³-hybridized carbons (Fsp3) is 0.667. The van der Waals surface area contributed by atoms with Gasteiger partial charge >= 0.3 is 5.69 Å². The number of nitro groups is 1. The van der Waals surface area contributed by atoms with E-state index in [4.69, 9.17) is 4.74 Å². The Bertz CT molecular complexity index is 486. The highest BCUT2D eigenvalue weighted by Gasteiger charge is 2.32. The van der Waals surface area contributed by atoms with Gasteiger partial charge in [0.25, 0.3) is 5.88 Å². The van der Waals surface area contributed by atoms with Crippen LogP contribution in [0.4, 0.5) is 11.5 Å². The first-order valence-corrected chi connectivity index (χ1v) is 6.39. The molecule has 0 radical (unpaired) electrons. The highest BCUT2D eigenvalue weighted by molar-refractivity contribution is 5.61. The number of hydrogen-bond donors (Lipinski definition) is 1. The molecule has 1 aliphatic carbocycles. The molecule has 0 saturated heterocycles. The second-order valence-corrected chi connectivity index (χ2v) is 5.07. The summed E-state index contributed by atoms with van der Waals surface area (Å²) in [6.07, 6.45) is 2.06. The Morgan fingerprint density at radius 1 is 1.47 bits per heavy atom. The molecule has 7 heteroatoms. The third-order valence-electron chi connectivity index (χ3n) is 2.78.